The molecule has 0 spiro atoms. The van der Waals surface area contributed by atoms with Gasteiger partial charge in [-0.25, -0.2) is 4.98 Å². The van der Waals surface area contributed by atoms with Crippen LogP contribution in [-0.2, 0) is 17.7 Å². The van der Waals surface area contributed by atoms with Gasteiger partial charge in [0.05, 0.1) is 24.9 Å². The molecule has 0 radical (unpaired) electrons. The van der Waals surface area contributed by atoms with Crippen molar-refractivity contribution in [3.63, 3.8) is 0 Å². The number of aryl methyl sites for hydroxylation is 1. The Balaban J connectivity index is 1.61. The van der Waals surface area contributed by atoms with Crippen LogP contribution in [0.5, 0.6) is 0 Å². The highest BCUT2D eigenvalue weighted by Gasteiger charge is 2.29. The molecule has 0 saturated carbocycles. The minimum atomic E-state index is -0.302. The Morgan fingerprint density at radius 3 is 2.74 bits per heavy atom. The maximum absolute atomic E-state index is 9.65. The van der Waals surface area contributed by atoms with Gasteiger partial charge >= 0.3 is 0 Å². The molecule has 2 fully saturated rings. The lowest BCUT2D eigenvalue weighted by molar-refractivity contribution is 0.140. The Morgan fingerprint density at radius 2 is 2.11 bits per heavy atom. The highest BCUT2D eigenvalue weighted by molar-refractivity contribution is 5.48. The van der Waals surface area contributed by atoms with Gasteiger partial charge in [0.15, 0.2) is 5.82 Å². The smallest absolute Gasteiger partial charge is 0.246 e. The van der Waals surface area contributed by atoms with Crippen LogP contribution in [0.15, 0.2) is 10.6 Å². The summed E-state index contributed by atoms with van der Waals surface area (Å²) < 4.78 is 10.9. The third-order valence-electron chi connectivity index (χ3n) is 5.07. The molecule has 27 heavy (non-hydrogen) atoms. The first kappa shape index (κ1) is 18.1. The van der Waals surface area contributed by atoms with Crippen LogP contribution in [0, 0.1) is 0 Å². The van der Waals surface area contributed by atoms with Crippen molar-refractivity contribution in [2.24, 2.45) is 0 Å². The van der Waals surface area contributed by atoms with E-state index in [9.17, 15) is 5.11 Å². The molecule has 2 aromatic heterocycles. The van der Waals surface area contributed by atoms with E-state index in [1.165, 1.54) is 0 Å². The molecule has 2 aliphatic heterocycles. The van der Waals surface area contributed by atoms with E-state index in [1.54, 1.807) is 0 Å². The quantitative estimate of drug-likeness (QED) is 0.764. The Morgan fingerprint density at radius 1 is 1.26 bits per heavy atom. The van der Waals surface area contributed by atoms with Crippen molar-refractivity contribution in [2.75, 3.05) is 42.6 Å². The Bertz CT molecular complexity index is 770. The average molecular weight is 374 g/mol. The van der Waals surface area contributed by atoms with Crippen LogP contribution < -0.4 is 9.80 Å². The molecule has 2 aliphatic rings. The first-order chi connectivity index (χ1) is 13.2. The van der Waals surface area contributed by atoms with Crippen LogP contribution in [0.3, 0.4) is 0 Å². The fourth-order valence-corrected chi connectivity index (χ4v) is 3.35. The van der Waals surface area contributed by atoms with Gasteiger partial charge in [-0.1, -0.05) is 12.1 Å². The van der Waals surface area contributed by atoms with Crippen LogP contribution in [0.25, 0.3) is 0 Å². The molecule has 0 aromatic carbocycles. The van der Waals surface area contributed by atoms with Gasteiger partial charge in [0.2, 0.25) is 11.8 Å². The first-order valence-electron chi connectivity index (χ1n) is 9.62. The van der Waals surface area contributed by atoms with Gasteiger partial charge in [-0.15, -0.1) is 0 Å². The molecule has 4 rings (SSSR count). The molecule has 1 atom stereocenters. The third kappa shape index (κ3) is 3.89. The van der Waals surface area contributed by atoms with Gasteiger partial charge in [0.25, 0.3) is 0 Å². The van der Waals surface area contributed by atoms with E-state index in [2.05, 4.69) is 22.0 Å². The number of aliphatic hydroxyl groups excluding tert-OH is 1. The molecule has 2 aromatic rings. The summed E-state index contributed by atoms with van der Waals surface area (Å²) in [5.74, 6) is 3.08. The maximum atomic E-state index is 9.65. The summed E-state index contributed by atoms with van der Waals surface area (Å²) in [5, 5.41) is 13.6. The number of hydrogen-bond acceptors (Lipinski definition) is 9. The highest BCUT2D eigenvalue weighted by Crippen LogP contribution is 2.29. The van der Waals surface area contributed by atoms with Gasteiger partial charge in [0, 0.05) is 44.6 Å². The number of anilines is 2. The molecule has 4 heterocycles. The van der Waals surface area contributed by atoms with E-state index in [0.717, 1.165) is 37.5 Å². The monoisotopic (exact) mass is 374 g/mol. The van der Waals surface area contributed by atoms with E-state index in [0.29, 0.717) is 43.9 Å². The molecule has 0 aliphatic carbocycles. The second kappa shape index (κ2) is 7.77. The normalized spacial score (nSPS) is 20.1. The molecule has 9 nitrogen and oxygen atoms in total. The summed E-state index contributed by atoms with van der Waals surface area (Å²) in [7, 11) is 0. The Hall–Kier alpha value is -2.26. The van der Waals surface area contributed by atoms with Gasteiger partial charge in [-0.05, 0) is 13.3 Å². The zero-order valence-electron chi connectivity index (χ0n) is 15.8. The average Bonchev–Trinajstić information content (AvgIpc) is 3.34. The number of nitrogens with zero attached hydrogens (tertiary/aromatic N) is 6. The predicted molar refractivity (Wildman–Crippen MR) is 98.8 cm³/mol. The van der Waals surface area contributed by atoms with Crippen molar-refractivity contribution in [2.45, 2.75) is 45.3 Å². The molecule has 146 valence electrons. The fourth-order valence-electron chi connectivity index (χ4n) is 3.35. The molecule has 0 bridgehead atoms. The van der Waals surface area contributed by atoms with Crippen LogP contribution >= 0.6 is 0 Å². The molecular weight excluding hydrogens is 348 g/mol. The van der Waals surface area contributed by atoms with E-state index >= 15 is 0 Å². The van der Waals surface area contributed by atoms with Crippen molar-refractivity contribution in [3.05, 3.63) is 23.5 Å². The van der Waals surface area contributed by atoms with Crippen LogP contribution in [0.1, 0.15) is 43.6 Å². The molecule has 1 N–H and O–H groups in total. The number of β-amino-alcohol motifs (C(OH)–C–C–N with tert-alkyl or cyclic N) is 1. The summed E-state index contributed by atoms with van der Waals surface area (Å²) >= 11 is 0. The van der Waals surface area contributed by atoms with Gasteiger partial charge < -0.3 is 24.2 Å². The standard InChI is InChI=1S/C18H26N6O3/c1-3-15-20-17(27-22-15)10-23(4-2)16-7-14(12-5-6-26-11-12)19-18(21-16)24-8-13(25)9-24/h7,12-13,25H,3-6,8-11H2,1-2H3. The van der Waals surface area contributed by atoms with Crippen molar-refractivity contribution in [3.8, 4) is 0 Å². The van der Waals surface area contributed by atoms with Gasteiger partial charge in [-0.3, -0.25) is 0 Å². The second-order valence-corrected chi connectivity index (χ2v) is 7.04. The topological polar surface area (TPSA) is 101 Å². The van der Waals surface area contributed by atoms with E-state index in [-0.39, 0.29) is 12.0 Å². The third-order valence-corrected chi connectivity index (χ3v) is 5.07. The van der Waals surface area contributed by atoms with Crippen LogP contribution in [0.2, 0.25) is 0 Å². The molecule has 2 saturated heterocycles. The number of aliphatic hydroxyl groups is 1. The molecule has 9 heteroatoms. The minimum Gasteiger partial charge on any atom is -0.389 e. The Labute approximate surface area is 158 Å². The Kier molecular flexibility index (Phi) is 5.22. The predicted octanol–water partition coefficient (Wildman–Crippen LogP) is 1.13. The second-order valence-electron chi connectivity index (χ2n) is 7.04. The fraction of sp³-hybridized carbons (Fsp3) is 0.667. The van der Waals surface area contributed by atoms with Crippen LogP contribution in [-0.4, -0.2) is 64.2 Å². The lowest BCUT2D eigenvalue weighted by Gasteiger charge is -2.36. The summed E-state index contributed by atoms with van der Waals surface area (Å²) in [6.45, 7) is 7.92. The van der Waals surface area contributed by atoms with Crippen LogP contribution in [0.4, 0.5) is 11.8 Å². The maximum Gasteiger partial charge on any atom is 0.246 e. The zero-order valence-corrected chi connectivity index (χ0v) is 15.8. The minimum absolute atomic E-state index is 0.283. The first-order valence-corrected chi connectivity index (χ1v) is 9.62. The van der Waals surface area contributed by atoms with E-state index < -0.39 is 0 Å². The number of hydrogen-bond donors (Lipinski definition) is 1. The lowest BCUT2D eigenvalue weighted by atomic mass is 10.0. The summed E-state index contributed by atoms with van der Waals surface area (Å²) in [6.07, 6.45) is 1.41. The molecular formula is C18H26N6O3. The van der Waals surface area contributed by atoms with Crippen molar-refractivity contribution >= 4 is 11.8 Å². The number of rotatable bonds is 7. The highest BCUT2D eigenvalue weighted by atomic mass is 16.5. The molecule has 1 unspecified atom stereocenters. The summed E-state index contributed by atoms with van der Waals surface area (Å²) in [6, 6.07) is 2.04. The largest absolute Gasteiger partial charge is 0.389 e. The SMILES string of the molecule is CCc1noc(CN(CC)c2cc(C3CCOC3)nc(N3CC(O)C3)n2)n1. The number of aromatic nitrogens is 4. The molecule has 0 amide bonds. The summed E-state index contributed by atoms with van der Waals surface area (Å²) in [4.78, 5) is 18.0. The summed E-state index contributed by atoms with van der Waals surface area (Å²) in [5.41, 5.74) is 0.993. The van der Waals surface area contributed by atoms with Gasteiger partial charge in [-0.2, -0.15) is 9.97 Å². The van der Waals surface area contributed by atoms with Crippen molar-refractivity contribution < 1.29 is 14.4 Å². The van der Waals surface area contributed by atoms with Crippen molar-refractivity contribution in [1.29, 1.82) is 0 Å². The van der Waals surface area contributed by atoms with E-state index in [4.69, 9.17) is 19.2 Å². The number of ether oxygens (including phenoxy) is 1. The van der Waals surface area contributed by atoms with Gasteiger partial charge in [0.1, 0.15) is 5.82 Å². The zero-order chi connectivity index (χ0) is 18.8. The van der Waals surface area contributed by atoms with Crippen molar-refractivity contribution in [1.82, 2.24) is 20.1 Å². The lowest BCUT2D eigenvalue weighted by Crippen LogP contribution is -2.51. The van der Waals surface area contributed by atoms with E-state index in [1.807, 2.05) is 17.9 Å².